The number of allylic oxidation sites excluding steroid dienone is 1. The van der Waals surface area contributed by atoms with Crippen molar-refractivity contribution in [2.24, 2.45) is 10.7 Å². The monoisotopic (exact) mass is 403 g/mol. The molecule has 2 aromatic rings. The lowest BCUT2D eigenvalue weighted by Gasteiger charge is -2.18. The summed E-state index contributed by atoms with van der Waals surface area (Å²) < 4.78 is 5.89. The van der Waals surface area contributed by atoms with Gasteiger partial charge < -0.3 is 15.8 Å². The third kappa shape index (κ3) is 5.48. The number of ether oxygens (including phenoxy) is 1. The Morgan fingerprint density at radius 1 is 1.15 bits per heavy atom. The van der Waals surface area contributed by atoms with Crippen LogP contribution in [-0.2, 0) is 6.61 Å². The molecule has 1 aliphatic heterocycles. The highest BCUT2D eigenvalue weighted by atomic mass is 35.5. The number of nitrogens with one attached hydrogen (secondary N) is 1. The van der Waals surface area contributed by atoms with Gasteiger partial charge in [-0.3, -0.25) is 4.99 Å². The van der Waals surface area contributed by atoms with E-state index in [0.29, 0.717) is 22.7 Å². The summed E-state index contributed by atoms with van der Waals surface area (Å²) in [6, 6.07) is 13.5. The van der Waals surface area contributed by atoms with E-state index in [2.05, 4.69) is 10.3 Å². The maximum atomic E-state index is 6.20. The van der Waals surface area contributed by atoms with E-state index in [1.807, 2.05) is 36.5 Å². The molecule has 0 bridgehead atoms. The van der Waals surface area contributed by atoms with E-state index < -0.39 is 0 Å². The van der Waals surface area contributed by atoms with Crippen LogP contribution >= 0.6 is 23.2 Å². The van der Waals surface area contributed by atoms with Gasteiger partial charge in [-0.2, -0.15) is 0 Å². The zero-order chi connectivity index (χ0) is 19.1. The Morgan fingerprint density at radius 3 is 2.56 bits per heavy atom. The van der Waals surface area contributed by atoms with E-state index in [-0.39, 0.29) is 0 Å². The number of benzene rings is 2. The molecule has 1 heterocycles. The maximum Gasteiger partial charge on any atom is 0.120 e. The van der Waals surface area contributed by atoms with Crippen molar-refractivity contribution in [3.8, 4) is 5.75 Å². The van der Waals surface area contributed by atoms with Crippen LogP contribution in [0.25, 0.3) is 5.57 Å². The largest absolute Gasteiger partial charge is 0.489 e. The highest BCUT2D eigenvalue weighted by Crippen LogP contribution is 2.26. The lowest BCUT2D eigenvalue weighted by molar-refractivity contribution is 0.306. The zero-order valence-corrected chi connectivity index (χ0v) is 16.5. The molecule has 3 rings (SSSR count). The van der Waals surface area contributed by atoms with Crippen molar-refractivity contribution in [3.05, 3.63) is 69.8 Å². The molecule has 0 radical (unpaired) electrons. The summed E-state index contributed by atoms with van der Waals surface area (Å²) in [5.74, 6) is 0.720. The number of piperidine rings is 1. The van der Waals surface area contributed by atoms with Gasteiger partial charge in [0.2, 0.25) is 0 Å². The average Bonchev–Trinajstić information content (AvgIpc) is 2.69. The Morgan fingerprint density at radius 2 is 1.85 bits per heavy atom. The Balaban J connectivity index is 1.69. The van der Waals surface area contributed by atoms with Gasteiger partial charge in [-0.15, -0.1) is 0 Å². The van der Waals surface area contributed by atoms with Crippen LogP contribution in [0.15, 0.2) is 53.7 Å². The predicted octanol–water partition coefficient (Wildman–Crippen LogP) is 4.69. The zero-order valence-electron chi connectivity index (χ0n) is 15.0. The molecule has 1 fully saturated rings. The molecule has 3 N–H and O–H groups in total. The average molecular weight is 404 g/mol. The van der Waals surface area contributed by atoms with Gasteiger partial charge in [-0.05, 0) is 55.8 Å². The minimum Gasteiger partial charge on any atom is -0.489 e. The molecule has 0 saturated carbocycles. The van der Waals surface area contributed by atoms with E-state index in [9.17, 15) is 0 Å². The first kappa shape index (κ1) is 19.7. The van der Waals surface area contributed by atoms with Crippen LogP contribution in [0.3, 0.4) is 0 Å². The molecule has 6 heteroatoms. The Hall–Kier alpha value is -2.01. The van der Waals surface area contributed by atoms with Gasteiger partial charge in [-0.25, -0.2) is 0 Å². The van der Waals surface area contributed by atoms with Gasteiger partial charge in [0.25, 0.3) is 0 Å². The van der Waals surface area contributed by atoms with E-state index in [0.717, 1.165) is 48.4 Å². The molecule has 0 unspecified atom stereocenters. The number of rotatable bonds is 6. The maximum absolute atomic E-state index is 6.20. The van der Waals surface area contributed by atoms with Crippen molar-refractivity contribution in [2.75, 3.05) is 13.1 Å². The van der Waals surface area contributed by atoms with Crippen molar-refractivity contribution in [1.82, 2.24) is 5.32 Å². The highest BCUT2D eigenvalue weighted by molar-refractivity contribution is 6.35. The molecule has 142 valence electrons. The number of nitrogens with two attached hydrogens (primary N) is 1. The number of aliphatic imine (C=N–C) groups is 1. The second-order valence-corrected chi connectivity index (χ2v) is 7.21. The molecular formula is C21H23Cl2N3O. The summed E-state index contributed by atoms with van der Waals surface area (Å²) in [5.41, 5.74) is 8.43. The van der Waals surface area contributed by atoms with Crippen LogP contribution in [0, 0.1) is 0 Å². The van der Waals surface area contributed by atoms with Gasteiger partial charge in [-0.1, -0.05) is 41.4 Å². The SMILES string of the molecule is N/C=C(\C=NC1CCNCC1)c1cccc(OCc2c(Cl)cccc2Cl)c1. The van der Waals surface area contributed by atoms with Crippen LogP contribution < -0.4 is 15.8 Å². The second kappa shape index (κ2) is 9.79. The highest BCUT2D eigenvalue weighted by Gasteiger charge is 2.11. The molecule has 0 amide bonds. The van der Waals surface area contributed by atoms with E-state index in [4.69, 9.17) is 33.7 Å². The Bertz CT molecular complexity index is 810. The number of nitrogens with zero attached hydrogens (tertiary/aromatic N) is 1. The lowest BCUT2D eigenvalue weighted by Crippen LogP contribution is -2.29. The Labute approximate surface area is 170 Å². The number of halogens is 2. The molecule has 1 saturated heterocycles. The van der Waals surface area contributed by atoms with Gasteiger partial charge in [0, 0.05) is 33.6 Å². The molecule has 0 spiro atoms. The third-order valence-electron chi connectivity index (χ3n) is 4.52. The van der Waals surface area contributed by atoms with Crippen LogP contribution in [0.1, 0.15) is 24.0 Å². The summed E-state index contributed by atoms with van der Waals surface area (Å²) in [4.78, 5) is 4.69. The summed E-state index contributed by atoms with van der Waals surface area (Å²) in [7, 11) is 0. The summed E-state index contributed by atoms with van der Waals surface area (Å²) in [5, 5.41) is 4.53. The molecule has 0 atom stereocenters. The van der Waals surface area contributed by atoms with Crippen LogP contribution in [-0.4, -0.2) is 25.3 Å². The molecule has 27 heavy (non-hydrogen) atoms. The summed E-state index contributed by atoms with van der Waals surface area (Å²) in [6.07, 6.45) is 5.54. The quantitative estimate of drug-likeness (QED) is 0.687. The predicted molar refractivity (Wildman–Crippen MR) is 114 cm³/mol. The first-order valence-corrected chi connectivity index (χ1v) is 9.75. The molecular weight excluding hydrogens is 381 g/mol. The van der Waals surface area contributed by atoms with Crippen LogP contribution in [0.2, 0.25) is 10.0 Å². The van der Waals surface area contributed by atoms with E-state index >= 15 is 0 Å². The smallest absolute Gasteiger partial charge is 0.120 e. The van der Waals surface area contributed by atoms with Crippen LogP contribution in [0.4, 0.5) is 0 Å². The van der Waals surface area contributed by atoms with Gasteiger partial charge in [0.05, 0.1) is 6.04 Å². The number of hydrogen-bond acceptors (Lipinski definition) is 4. The first-order chi connectivity index (χ1) is 13.2. The molecule has 1 aliphatic rings. The number of hydrogen-bond donors (Lipinski definition) is 2. The van der Waals surface area contributed by atoms with Crippen molar-refractivity contribution in [2.45, 2.75) is 25.5 Å². The van der Waals surface area contributed by atoms with Gasteiger partial charge in [0.15, 0.2) is 0 Å². The molecule has 0 aliphatic carbocycles. The molecule has 4 nitrogen and oxygen atoms in total. The third-order valence-corrected chi connectivity index (χ3v) is 5.23. The molecule has 0 aromatic heterocycles. The van der Waals surface area contributed by atoms with Crippen LogP contribution in [0.5, 0.6) is 5.75 Å². The van der Waals surface area contributed by atoms with Gasteiger partial charge in [0.1, 0.15) is 12.4 Å². The van der Waals surface area contributed by atoms with Crippen molar-refractivity contribution in [3.63, 3.8) is 0 Å². The fourth-order valence-electron chi connectivity index (χ4n) is 2.95. The second-order valence-electron chi connectivity index (χ2n) is 6.40. The first-order valence-electron chi connectivity index (χ1n) is 8.99. The summed E-state index contributed by atoms with van der Waals surface area (Å²) >= 11 is 12.4. The molecule has 2 aromatic carbocycles. The van der Waals surface area contributed by atoms with E-state index in [1.54, 1.807) is 18.3 Å². The fraction of sp³-hybridized carbons (Fsp3) is 0.286. The van der Waals surface area contributed by atoms with Crippen molar-refractivity contribution in [1.29, 1.82) is 0 Å². The van der Waals surface area contributed by atoms with Crippen molar-refractivity contribution < 1.29 is 4.74 Å². The normalized spacial score (nSPS) is 16.0. The fourth-order valence-corrected chi connectivity index (χ4v) is 3.45. The minimum absolute atomic E-state index is 0.298. The topological polar surface area (TPSA) is 59.6 Å². The summed E-state index contributed by atoms with van der Waals surface area (Å²) in [6.45, 7) is 2.32. The lowest BCUT2D eigenvalue weighted by atomic mass is 10.1. The van der Waals surface area contributed by atoms with Gasteiger partial charge >= 0.3 is 0 Å². The van der Waals surface area contributed by atoms with Crippen molar-refractivity contribution >= 4 is 35.0 Å². The van der Waals surface area contributed by atoms with E-state index in [1.165, 1.54) is 0 Å². The minimum atomic E-state index is 0.298. The Kier molecular flexibility index (Phi) is 7.16. The standard InChI is InChI=1S/C21H23Cl2N3O/c22-20-5-2-6-21(23)19(20)14-27-18-4-1-3-15(11-18)16(12-24)13-26-17-7-9-25-10-8-17/h1-6,11-13,17,25H,7-10,14,24H2/b16-12+,26-13?.